The molecule has 4 aromatic rings. The van der Waals surface area contributed by atoms with Crippen LogP contribution in [0, 0.1) is 0 Å². The molecule has 1 saturated heterocycles. The van der Waals surface area contributed by atoms with Gasteiger partial charge in [-0.15, -0.1) is 5.10 Å². The van der Waals surface area contributed by atoms with E-state index < -0.39 is 0 Å². The number of aromatic nitrogens is 7. The average Bonchev–Trinajstić information content (AvgIpc) is 3.44. The third-order valence-electron chi connectivity index (χ3n) is 5.45. The number of nitrogens with one attached hydrogen (secondary N) is 2. The summed E-state index contributed by atoms with van der Waals surface area (Å²) in [6, 6.07) is 5.40. The zero-order valence-corrected chi connectivity index (χ0v) is 16.6. The molecule has 1 aromatic carbocycles. The molecule has 4 heterocycles. The topological polar surface area (TPSA) is 118 Å². The number of H-pyrrole nitrogens is 2. The Bertz CT molecular complexity index is 1240. The van der Waals surface area contributed by atoms with Crippen molar-refractivity contribution in [3.63, 3.8) is 0 Å². The normalized spacial score (nSPS) is 14.4. The molecule has 0 amide bonds. The van der Waals surface area contributed by atoms with Gasteiger partial charge in [-0.05, 0) is 25.3 Å². The Balaban J connectivity index is 1.40. The van der Waals surface area contributed by atoms with E-state index in [-0.39, 0.29) is 12.0 Å². The molecular formula is C20H22N8O2. The van der Waals surface area contributed by atoms with Gasteiger partial charge in [-0.2, -0.15) is 10.2 Å². The summed E-state index contributed by atoms with van der Waals surface area (Å²) in [5.41, 5.74) is 2.66. The molecule has 1 aliphatic heterocycles. The van der Waals surface area contributed by atoms with Crippen molar-refractivity contribution in [3.8, 4) is 17.0 Å². The highest BCUT2D eigenvalue weighted by atomic mass is 16.5. The van der Waals surface area contributed by atoms with Crippen molar-refractivity contribution in [2.24, 2.45) is 0 Å². The number of ether oxygens (including phenoxy) is 1. The molecule has 0 unspecified atom stereocenters. The summed E-state index contributed by atoms with van der Waals surface area (Å²) in [5, 5.41) is 23.7. The summed E-state index contributed by atoms with van der Waals surface area (Å²) >= 11 is 0. The molecule has 0 spiro atoms. The molecule has 10 heteroatoms. The second kappa shape index (κ2) is 7.62. The Labute approximate surface area is 171 Å². The quantitative estimate of drug-likeness (QED) is 0.520. The van der Waals surface area contributed by atoms with Gasteiger partial charge in [-0.3, -0.25) is 15.0 Å². The fourth-order valence-corrected chi connectivity index (χ4v) is 3.84. The highest BCUT2D eigenvalue weighted by Crippen LogP contribution is 2.30. The van der Waals surface area contributed by atoms with Gasteiger partial charge in [-0.25, -0.2) is 4.68 Å². The Morgan fingerprint density at radius 2 is 2.00 bits per heavy atom. The molecule has 0 atom stereocenters. The first kappa shape index (κ1) is 18.3. The third kappa shape index (κ3) is 3.40. The Morgan fingerprint density at radius 3 is 2.80 bits per heavy atom. The number of nitrogens with zero attached hydrogens (tertiary/aromatic N) is 6. The van der Waals surface area contributed by atoms with Gasteiger partial charge >= 0.3 is 0 Å². The third-order valence-corrected chi connectivity index (χ3v) is 5.45. The standard InChI is InChI=1S/C20H22N8O2/c1-30-13-7-14(15-10-21-22-16(15)8-13)17-11-28(26-24-17)12-18-19(29)9-20(25-23-18)27-5-3-2-4-6-27/h7-11H,2-6,12H2,1H3,(H,21,22)(H,25,29). The molecule has 0 radical (unpaired) electrons. The fourth-order valence-electron chi connectivity index (χ4n) is 3.84. The molecule has 0 bridgehead atoms. The summed E-state index contributed by atoms with van der Waals surface area (Å²) in [6.45, 7) is 2.14. The minimum Gasteiger partial charge on any atom is -0.497 e. The maximum absolute atomic E-state index is 12.6. The number of aromatic amines is 2. The first-order chi connectivity index (χ1) is 14.7. The van der Waals surface area contributed by atoms with E-state index in [1.807, 2.05) is 12.1 Å². The molecule has 10 nitrogen and oxygen atoms in total. The van der Waals surface area contributed by atoms with Crippen LogP contribution < -0.4 is 15.1 Å². The van der Waals surface area contributed by atoms with Crippen molar-refractivity contribution >= 4 is 16.7 Å². The van der Waals surface area contributed by atoms with Gasteiger partial charge in [0.1, 0.15) is 23.0 Å². The minimum atomic E-state index is -0.107. The number of fused-ring (bicyclic) bond motifs is 1. The van der Waals surface area contributed by atoms with Crippen molar-refractivity contribution in [1.29, 1.82) is 0 Å². The number of piperidine rings is 1. The molecule has 5 rings (SSSR count). The second-order valence-corrected chi connectivity index (χ2v) is 7.42. The Hall–Kier alpha value is -3.69. The summed E-state index contributed by atoms with van der Waals surface area (Å²) < 4.78 is 6.98. The van der Waals surface area contributed by atoms with E-state index in [0.717, 1.165) is 48.2 Å². The van der Waals surface area contributed by atoms with Gasteiger partial charge < -0.3 is 9.64 Å². The van der Waals surface area contributed by atoms with Gasteiger partial charge in [-0.1, -0.05) is 5.21 Å². The van der Waals surface area contributed by atoms with E-state index in [1.165, 1.54) is 6.42 Å². The Morgan fingerprint density at radius 1 is 1.13 bits per heavy atom. The molecule has 30 heavy (non-hydrogen) atoms. The summed E-state index contributed by atoms with van der Waals surface area (Å²) in [4.78, 5) is 14.8. The minimum absolute atomic E-state index is 0.107. The largest absolute Gasteiger partial charge is 0.497 e. The summed E-state index contributed by atoms with van der Waals surface area (Å²) in [7, 11) is 1.61. The van der Waals surface area contributed by atoms with Crippen LogP contribution in [0.2, 0.25) is 0 Å². The lowest BCUT2D eigenvalue weighted by Crippen LogP contribution is -2.32. The van der Waals surface area contributed by atoms with Crippen LogP contribution in [0.25, 0.3) is 22.2 Å². The van der Waals surface area contributed by atoms with Crippen molar-refractivity contribution in [2.75, 3.05) is 25.1 Å². The molecule has 154 valence electrons. The molecule has 3 aromatic heterocycles. The first-order valence-electron chi connectivity index (χ1n) is 9.96. The average molecular weight is 406 g/mol. The van der Waals surface area contributed by atoms with Crippen LogP contribution >= 0.6 is 0 Å². The van der Waals surface area contributed by atoms with Crippen LogP contribution in [-0.4, -0.2) is 55.6 Å². The van der Waals surface area contributed by atoms with Crippen molar-refractivity contribution < 1.29 is 4.74 Å². The van der Waals surface area contributed by atoms with Gasteiger partial charge in [0.15, 0.2) is 0 Å². The zero-order valence-electron chi connectivity index (χ0n) is 16.6. The van der Waals surface area contributed by atoms with Crippen LogP contribution in [0.4, 0.5) is 5.82 Å². The first-order valence-corrected chi connectivity index (χ1v) is 9.96. The summed E-state index contributed by atoms with van der Waals surface area (Å²) in [5.74, 6) is 1.48. The monoisotopic (exact) mass is 406 g/mol. The lowest BCUT2D eigenvalue weighted by molar-refractivity contribution is 0.415. The van der Waals surface area contributed by atoms with Crippen LogP contribution in [-0.2, 0) is 6.54 Å². The van der Waals surface area contributed by atoms with E-state index in [4.69, 9.17) is 4.74 Å². The van der Waals surface area contributed by atoms with Crippen LogP contribution in [0.1, 0.15) is 25.0 Å². The summed E-state index contributed by atoms with van der Waals surface area (Å²) in [6.07, 6.45) is 7.05. The van der Waals surface area contributed by atoms with Crippen molar-refractivity contribution in [3.05, 3.63) is 46.5 Å². The maximum atomic E-state index is 12.6. The molecule has 0 saturated carbocycles. The Kier molecular flexibility index (Phi) is 4.66. The van der Waals surface area contributed by atoms with Crippen molar-refractivity contribution in [1.82, 2.24) is 35.4 Å². The van der Waals surface area contributed by atoms with Gasteiger partial charge in [0.25, 0.3) is 0 Å². The molecule has 1 aliphatic rings. The van der Waals surface area contributed by atoms with E-state index in [0.29, 0.717) is 17.1 Å². The number of hydrogen-bond donors (Lipinski definition) is 2. The lowest BCUT2D eigenvalue weighted by atomic mass is 10.1. The predicted octanol–water partition coefficient (Wildman–Crippen LogP) is 1.95. The molecular weight excluding hydrogens is 384 g/mol. The number of benzene rings is 1. The number of rotatable bonds is 5. The van der Waals surface area contributed by atoms with Gasteiger partial charge in [0.2, 0.25) is 5.43 Å². The molecule has 1 fully saturated rings. The fraction of sp³-hybridized carbons (Fsp3) is 0.350. The van der Waals surface area contributed by atoms with E-state index >= 15 is 0 Å². The van der Waals surface area contributed by atoms with Crippen LogP contribution in [0.5, 0.6) is 5.75 Å². The number of anilines is 1. The van der Waals surface area contributed by atoms with Crippen LogP contribution in [0.3, 0.4) is 0 Å². The van der Waals surface area contributed by atoms with Crippen LogP contribution in [0.15, 0.2) is 35.4 Å². The van der Waals surface area contributed by atoms with Gasteiger partial charge in [0, 0.05) is 36.2 Å². The van der Waals surface area contributed by atoms with Gasteiger partial charge in [0.05, 0.1) is 31.6 Å². The maximum Gasteiger partial charge on any atom is 0.207 e. The number of methoxy groups -OCH3 is 1. The SMILES string of the molecule is COc1cc(-c2cn(Cc3n[nH]c(N4CCCCC4)cc3=O)nn2)c2cn[nH]c2c1. The molecule has 0 aliphatic carbocycles. The second-order valence-electron chi connectivity index (χ2n) is 7.42. The lowest BCUT2D eigenvalue weighted by Gasteiger charge is -2.27. The predicted molar refractivity (Wildman–Crippen MR) is 112 cm³/mol. The highest BCUT2D eigenvalue weighted by molar-refractivity contribution is 5.94. The van der Waals surface area contributed by atoms with Crippen molar-refractivity contribution in [2.45, 2.75) is 25.8 Å². The van der Waals surface area contributed by atoms with E-state index in [2.05, 4.69) is 35.6 Å². The zero-order chi connectivity index (χ0) is 20.5. The van der Waals surface area contributed by atoms with E-state index in [1.54, 1.807) is 30.3 Å². The smallest absolute Gasteiger partial charge is 0.207 e. The van der Waals surface area contributed by atoms with E-state index in [9.17, 15) is 4.79 Å². The number of hydrogen-bond acceptors (Lipinski definition) is 7. The highest BCUT2D eigenvalue weighted by Gasteiger charge is 2.15. The molecule has 2 N–H and O–H groups in total.